The van der Waals surface area contributed by atoms with Gasteiger partial charge in [0, 0.05) is 17.6 Å². The Morgan fingerprint density at radius 3 is 2.23 bits per heavy atom. The van der Waals surface area contributed by atoms with Gasteiger partial charge in [0.15, 0.2) is 0 Å². The Morgan fingerprint density at radius 2 is 1.53 bits per heavy atom. The van der Waals surface area contributed by atoms with Crippen LogP contribution >= 0.6 is 0 Å². The molecule has 2 amide bonds. The van der Waals surface area contributed by atoms with Gasteiger partial charge in [-0.15, -0.1) is 0 Å². The van der Waals surface area contributed by atoms with Crippen LogP contribution in [0.1, 0.15) is 0 Å². The van der Waals surface area contributed by atoms with Gasteiger partial charge in [-0.25, -0.2) is 26.8 Å². The minimum Gasteiger partial charge on any atom is -0.337 e. The molecule has 0 aliphatic rings. The predicted octanol–water partition coefficient (Wildman–Crippen LogP) is 2.05. The van der Waals surface area contributed by atoms with Crippen molar-refractivity contribution in [1.29, 1.82) is 0 Å². The highest BCUT2D eigenvalue weighted by molar-refractivity contribution is 7.92. The number of amides is 2. The van der Waals surface area contributed by atoms with Crippen molar-refractivity contribution in [3.63, 3.8) is 0 Å². The molecule has 30 heavy (non-hydrogen) atoms. The Hall–Kier alpha value is -3.15. The maximum atomic E-state index is 12.2. The highest BCUT2D eigenvalue weighted by Crippen LogP contribution is 2.22. The van der Waals surface area contributed by atoms with Crippen molar-refractivity contribution in [2.24, 2.45) is 5.14 Å². The van der Waals surface area contributed by atoms with Crippen LogP contribution in [0, 0.1) is 0 Å². The quantitative estimate of drug-likeness (QED) is 0.437. The van der Waals surface area contributed by atoms with Gasteiger partial charge in [0.2, 0.25) is 20.0 Å². The van der Waals surface area contributed by atoms with E-state index in [9.17, 15) is 21.6 Å². The van der Waals surface area contributed by atoms with Crippen molar-refractivity contribution < 1.29 is 21.6 Å². The molecule has 9 nitrogen and oxygen atoms in total. The minimum absolute atomic E-state index is 0.124. The molecule has 0 aliphatic carbocycles. The largest absolute Gasteiger partial charge is 0.337 e. The molecule has 0 aromatic heterocycles. The van der Waals surface area contributed by atoms with Crippen LogP contribution in [0.3, 0.4) is 0 Å². The highest BCUT2D eigenvalue weighted by Gasteiger charge is 2.13. The van der Waals surface area contributed by atoms with Crippen LogP contribution < -0.4 is 20.5 Å². The number of nitrogens with one attached hydrogen (secondary N) is 3. The van der Waals surface area contributed by atoms with Gasteiger partial charge < -0.3 is 10.6 Å². The van der Waals surface area contributed by atoms with E-state index in [4.69, 9.17) is 5.14 Å². The third kappa shape index (κ3) is 5.69. The Balaban J connectivity index is 1.54. The average Bonchev–Trinajstić information content (AvgIpc) is 2.67. The molecule has 158 valence electrons. The number of fused-ring (bicyclic) bond motifs is 1. The number of carbonyl (C=O) groups excluding carboxylic acids is 1. The van der Waals surface area contributed by atoms with Crippen LogP contribution in [-0.2, 0) is 20.0 Å². The van der Waals surface area contributed by atoms with Crippen LogP contribution in [0.25, 0.3) is 10.8 Å². The van der Waals surface area contributed by atoms with E-state index in [2.05, 4.69) is 15.4 Å². The number of urea groups is 1. The van der Waals surface area contributed by atoms with Crippen LogP contribution in [0.2, 0.25) is 0 Å². The summed E-state index contributed by atoms with van der Waals surface area (Å²) in [6.07, 6.45) is 0. The second kappa shape index (κ2) is 8.69. The minimum atomic E-state index is -3.86. The third-order valence-electron chi connectivity index (χ3n) is 4.15. The van der Waals surface area contributed by atoms with Crippen LogP contribution in [-0.4, -0.2) is 35.2 Å². The lowest BCUT2D eigenvalue weighted by Crippen LogP contribution is -2.34. The van der Waals surface area contributed by atoms with Crippen molar-refractivity contribution in [3.8, 4) is 0 Å². The molecular weight excluding hydrogens is 428 g/mol. The first kappa shape index (κ1) is 21.6. The first-order valence-electron chi connectivity index (χ1n) is 8.80. The molecular formula is C19H20N4O5S2. The molecule has 0 saturated heterocycles. The molecule has 0 atom stereocenters. The second-order valence-corrected chi connectivity index (χ2v) is 9.80. The van der Waals surface area contributed by atoms with Crippen molar-refractivity contribution in [1.82, 2.24) is 5.32 Å². The number of carbonyl (C=O) groups is 1. The summed E-state index contributed by atoms with van der Waals surface area (Å²) in [6, 6.07) is 17.5. The summed E-state index contributed by atoms with van der Waals surface area (Å²) in [4.78, 5) is 12.0. The lowest BCUT2D eigenvalue weighted by molar-refractivity contribution is 0.252. The van der Waals surface area contributed by atoms with E-state index in [1.807, 2.05) is 36.4 Å². The van der Waals surface area contributed by atoms with Gasteiger partial charge in [0.05, 0.1) is 16.3 Å². The summed E-state index contributed by atoms with van der Waals surface area (Å²) in [5.74, 6) is -0.368. The summed E-state index contributed by atoms with van der Waals surface area (Å²) in [5.41, 5.74) is 0.795. The lowest BCUT2D eigenvalue weighted by Gasteiger charge is -2.11. The van der Waals surface area contributed by atoms with Crippen LogP contribution in [0.15, 0.2) is 71.6 Å². The van der Waals surface area contributed by atoms with E-state index in [0.717, 1.165) is 10.8 Å². The summed E-state index contributed by atoms with van der Waals surface area (Å²) >= 11 is 0. The Kier molecular flexibility index (Phi) is 6.25. The van der Waals surface area contributed by atoms with E-state index >= 15 is 0 Å². The SMILES string of the molecule is NS(=O)(=O)c1ccc(NS(=O)(=O)CCNC(=O)Nc2cccc3ccccc23)cc1. The van der Waals surface area contributed by atoms with E-state index in [1.165, 1.54) is 24.3 Å². The number of primary sulfonamides is 1. The van der Waals surface area contributed by atoms with Gasteiger partial charge in [-0.2, -0.15) is 0 Å². The number of benzene rings is 3. The van der Waals surface area contributed by atoms with Crippen LogP contribution in [0.4, 0.5) is 16.2 Å². The molecule has 0 unspecified atom stereocenters. The van der Waals surface area contributed by atoms with Crippen molar-refractivity contribution in [3.05, 3.63) is 66.7 Å². The van der Waals surface area contributed by atoms with E-state index in [1.54, 1.807) is 6.07 Å². The zero-order valence-corrected chi connectivity index (χ0v) is 17.3. The van der Waals surface area contributed by atoms with Gasteiger partial charge in [0.1, 0.15) is 0 Å². The van der Waals surface area contributed by atoms with Crippen LogP contribution in [0.5, 0.6) is 0 Å². The molecule has 0 heterocycles. The summed E-state index contributed by atoms with van der Waals surface area (Å²) < 4.78 is 49.1. The van der Waals surface area contributed by atoms with Gasteiger partial charge in [-0.3, -0.25) is 4.72 Å². The van der Waals surface area contributed by atoms with E-state index < -0.39 is 26.1 Å². The van der Waals surface area contributed by atoms with Gasteiger partial charge in [-0.05, 0) is 35.7 Å². The molecule has 3 rings (SSSR count). The fourth-order valence-electron chi connectivity index (χ4n) is 2.74. The first-order chi connectivity index (χ1) is 14.1. The normalized spacial score (nSPS) is 11.8. The standard InChI is InChI=1S/C19H20N4O5S2/c20-30(27,28)16-10-8-15(9-11-16)23-29(25,26)13-12-21-19(24)22-18-7-3-5-14-4-1-2-6-17(14)18/h1-11,23H,12-13H2,(H2,20,27,28)(H2,21,22,24). The number of hydrogen-bond acceptors (Lipinski definition) is 5. The topological polar surface area (TPSA) is 147 Å². The van der Waals surface area contributed by atoms with Crippen molar-refractivity contribution >= 4 is 48.2 Å². The number of anilines is 2. The Bertz CT molecular complexity index is 1270. The Morgan fingerprint density at radius 1 is 0.867 bits per heavy atom. The zero-order valence-electron chi connectivity index (χ0n) is 15.7. The molecule has 3 aromatic carbocycles. The fourth-order valence-corrected chi connectivity index (χ4v) is 4.23. The summed E-state index contributed by atoms with van der Waals surface area (Å²) in [7, 11) is -7.62. The molecule has 0 fully saturated rings. The lowest BCUT2D eigenvalue weighted by atomic mass is 10.1. The van der Waals surface area contributed by atoms with E-state index in [-0.39, 0.29) is 22.9 Å². The average molecular weight is 449 g/mol. The molecule has 5 N–H and O–H groups in total. The fraction of sp³-hybridized carbons (Fsp3) is 0.105. The summed E-state index contributed by atoms with van der Waals surface area (Å²) in [6.45, 7) is -0.124. The number of hydrogen-bond donors (Lipinski definition) is 4. The molecule has 0 spiro atoms. The van der Waals surface area contributed by atoms with Gasteiger partial charge in [-0.1, -0.05) is 36.4 Å². The number of sulfonamides is 2. The first-order valence-corrected chi connectivity index (χ1v) is 12.0. The molecule has 0 bridgehead atoms. The predicted molar refractivity (Wildman–Crippen MR) is 116 cm³/mol. The Labute approximate surface area is 174 Å². The van der Waals surface area contributed by atoms with Crippen molar-refractivity contribution in [2.75, 3.05) is 22.3 Å². The number of nitrogens with two attached hydrogens (primary N) is 1. The van der Waals surface area contributed by atoms with Crippen molar-refractivity contribution in [2.45, 2.75) is 4.90 Å². The maximum Gasteiger partial charge on any atom is 0.319 e. The highest BCUT2D eigenvalue weighted by atomic mass is 32.2. The van der Waals surface area contributed by atoms with E-state index in [0.29, 0.717) is 5.69 Å². The smallest absolute Gasteiger partial charge is 0.319 e. The second-order valence-electron chi connectivity index (χ2n) is 6.40. The molecule has 11 heteroatoms. The molecule has 3 aromatic rings. The maximum absolute atomic E-state index is 12.2. The number of rotatable bonds is 7. The monoisotopic (exact) mass is 448 g/mol. The summed E-state index contributed by atoms with van der Waals surface area (Å²) in [5, 5.41) is 12.0. The van der Waals surface area contributed by atoms with Gasteiger partial charge in [0.25, 0.3) is 0 Å². The third-order valence-corrected chi connectivity index (χ3v) is 6.37. The molecule has 0 radical (unpaired) electrons. The van der Waals surface area contributed by atoms with Gasteiger partial charge >= 0.3 is 6.03 Å². The molecule has 0 saturated carbocycles. The zero-order chi connectivity index (χ0) is 21.8. The molecule has 0 aliphatic heterocycles.